The molecule has 1 aromatic carbocycles. The van der Waals surface area contributed by atoms with E-state index in [-0.39, 0.29) is 18.3 Å². The van der Waals surface area contributed by atoms with Crippen LogP contribution in [0, 0.1) is 13.8 Å². The monoisotopic (exact) mass is 312 g/mol. The summed E-state index contributed by atoms with van der Waals surface area (Å²) < 4.78 is 37.0. The number of nitrogens with one attached hydrogen (secondary N) is 2. The van der Waals surface area contributed by atoms with E-state index in [1.165, 1.54) is 0 Å². The number of anilines is 1. The summed E-state index contributed by atoms with van der Waals surface area (Å²) in [5, 5.41) is 8.12. The van der Waals surface area contributed by atoms with Gasteiger partial charge in [-0.1, -0.05) is 6.07 Å². The van der Waals surface area contributed by atoms with Crippen LogP contribution in [-0.2, 0) is 12.7 Å². The fourth-order valence-electron chi connectivity index (χ4n) is 1.66. The van der Waals surface area contributed by atoms with Crippen LogP contribution in [0.4, 0.5) is 18.9 Å². The highest BCUT2D eigenvalue weighted by molar-refractivity contribution is 5.92. The summed E-state index contributed by atoms with van der Waals surface area (Å²) >= 11 is 0. The van der Waals surface area contributed by atoms with E-state index in [4.69, 9.17) is 5.73 Å². The van der Waals surface area contributed by atoms with Gasteiger partial charge < -0.3 is 11.1 Å². The number of halogens is 3. The van der Waals surface area contributed by atoms with Gasteiger partial charge >= 0.3 is 6.18 Å². The Hall–Kier alpha value is -2.58. The predicted molar refractivity (Wildman–Crippen MR) is 76.2 cm³/mol. The van der Waals surface area contributed by atoms with Gasteiger partial charge in [0.25, 0.3) is 5.82 Å². The van der Waals surface area contributed by atoms with E-state index in [0.29, 0.717) is 0 Å². The number of H-pyrrole nitrogens is 1. The first-order chi connectivity index (χ1) is 10.3. The Morgan fingerprint density at radius 2 is 2.05 bits per heavy atom. The van der Waals surface area contributed by atoms with Crippen molar-refractivity contribution in [3.05, 3.63) is 41.0 Å². The number of aromatic amines is 1. The summed E-state index contributed by atoms with van der Waals surface area (Å²) in [6.45, 7) is 3.81. The van der Waals surface area contributed by atoms with Crippen molar-refractivity contribution in [2.75, 3.05) is 5.32 Å². The lowest BCUT2D eigenvalue weighted by molar-refractivity contribution is -0.144. The van der Waals surface area contributed by atoms with Crippen LogP contribution in [0.5, 0.6) is 0 Å². The molecule has 0 aliphatic carbocycles. The van der Waals surface area contributed by atoms with E-state index in [0.717, 1.165) is 16.8 Å². The van der Waals surface area contributed by atoms with Crippen molar-refractivity contribution < 1.29 is 13.2 Å². The molecule has 0 spiro atoms. The van der Waals surface area contributed by atoms with Gasteiger partial charge in [0.2, 0.25) is 0 Å². The zero-order valence-electron chi connectivity index (χ0n) is 12.0. The number of hydrogen-bond donors (Lipinski definition) is 3. The predicted octanol–water partition coefficient (Wildman–Crippen LogP) is 2.37. The minimum atomic E-state index is -4.58. The third-order valence-corrected chi connectivity index (χ3v) is 2.96. The van der Waals surface area contributed by atoms with Gasteiger partial charge in [0.1, 0.15) is 12.4 Å². The molecule has 0 unspecified atom stereocenters. The molecule has 0 radical (unpaired) electrons. The maximum atomic E-state index is 12.3. The molecule has 1 heterocycles. The third-order valence-electron chi connectivity index (χ3n) is 2.96. The number of nitrogens with zero attached hydrogens (tertiary/aromatic N) is 3. The number of aryl methyl sites for hydroxylation is 2. The molecule has 1 aromatic heterocycles. The van der Waals surface area contributed by atoms with Crippen LogP contribution >= 0.6 is 0 Å². The van der Waals surface area contributed by atoms with Crippen molar-refractivity contribution in [2.45, 2.75) is 26.6 Å². The van der Waals surface area contributed by atoms with Crippen molar-refractivity contribution in [3.63, 3.8) is 0 Å². The summed E-state index contributed by atoms with van der Waals surface area (Å²) in [4.78, 5) is 7.22. The molecule has 22 heavy (non-hydrogen) atoms. The first kappa shape index (κ1) is 15.8. The number of nitrogens with two attached hydrogens (primary N) is 1. The van der Waals surface area contributed by atoms with Crippen molar-refractivity contribution in [2.24, 2.45) is 10.7 Å². The number of alkyl halides is 3. The van der Waals surface area contributed by atoms with Gasteiger partial charge in [0.05, 0.1) is 0 Å². The first-order valence-electron chi connectivity index (χ1n) is 6.38. The topological polar surface area (TPSA) is 92.0 Å². The lowest BCUT2D eigenvalue weighted by atomic mass is 10.1. The van der Waals surface area contributed by atoms with Crippen LogP contribution in [0.25, 0.3) is 0 Å². The summed E-state index contributed by atoms with van der Waals surface area (Å²) in [6.07, 6.45) is -4.58. The minimum Gasteiger partial charge on any atom is -0.370 e. The van der Waals surface area contributed by atoms with Crippen molar-refractivity contribution in [3.8, 4) is 0 Å². The lowest BCUT2D eigenvalue weighted by Gasteiger charge is -2.07. The largest absolute Gasteiger partial charge is 0.453 e. The standard InChI is InChI=1S/C13H15F3N6/c1-7-3-4-9(5-8(7)2)19-12(17)18-6-10-20-11(22-21-10)13(14,15)16/h3-5H,6H2,1-2H3,(H3,17,18,19)(H,20,21,22). The van der Waals surface area contributed by atoms with Crippen LogP contribution < -0.4 is 11.1 Å². The number of guanidine groups is 1. The van der Waals surface area contributed by atoms with Gasteiger partial charge in [-0.15, -0.1) is 5.10 Å². The lowest BCUT2D eigenvalue weighted by Crippen LogP contribution is -2.22. The fourth-order valence-corrected chi connectivity index (χ4v) is 1.66. The van der Waals surface area contributed by atoms with Gasteiger partial charge in [-0.3, -0.25) is 5.10 Å². The summed E-state index contributed by atoms with van der Waals surface area (Å²) in [5.74, 6) is -1.16. The van der Waals surface area contributed by atoms with Crippen LogP contribution in [0.1, 0.15) is 22.8 Å². The van der Waals surface area contributed by atoms with Gasteiger partial charge in [0, 0.05) is 5.69 Å². The Morgan fingerprint density at radius 3 is 2.64 bits per heavy atom. The molecular weight excluding hydrogens is 297 g/mol. The smallest absolute Gasteiger partial charge is 0.370 e. The normalized spacial score (nSPS) is 12.5. The molecule has 0 saturated carbocycles. The van der Waals surface area contributed by atoms with Crippen LogP contribution in [0.2, 0.25) is 0 Å². The SMILES string of the molecule is Cc1ccc(NC(N)=NCc2nc(C(F)(F)F)n[nH]2)cc1C. The second kappa shape index (κ2) is 6.04. The van der Waals surface area contributed by atoms with E-state index < -0.39 is 12.0 Å². The average molecular weight is 312 g/mol. The molecular formula is C13H15F3N6. The second-order valence-corrected chi connectivity index (χ2v) is 4.73. The molecule has 0 amide bonds. The zero-order valence-corrected chi connectivity index (χ0v) is 12.0. The molecule has 6 nitrogen and oxygen atoms in total. The Labute approximate surface area is 124 Å². The highest BCUT2D eigenvalue weighted by Crippen LogP contribution is 2.25. The molecule has 0 fully saturated rings. The third kappa shape index (κ3) is 3.96. The minimum absolute atomic E-state index is 0.0165. The van der Waals surface area contributed by atoms with E-state index in [2.05, 4.69) is 25.5 Å². The molecule has 0 saturated heterocycles. The van der Waals surface area contributed by atoms with Crippen molar-refractivity contribution >= 4 is 11.6 Å². The molecule has 0 aliphatic rings. The second-order valence-electron chi connectivity index (χ2n) is 4.73. The zero-order chi connectivity index (χ0) is 16.3. The summed E-state index contributed by atoms with van der Waals surface area (Å²) in [5.41, 5.74) is 8.66. The molecule has 9 heteroatoms. The van der Waals surface area contributed by atoms with E-state index in [1.54, 1.807) is 0 Å². The Morgan fingerprint density at radius 1 is 1.32 bits per heavy atom. The van der Waals surface area contributed by atoms with Crippen molar-refractivity contribution in [1.29, 1.82) is 0 Å². The van der Waals surface area contributed by atoms with Crippen LogP contribution in [0.15, 0.2) is 23.2 Å². The highest BCUT2D eigenvalue weighted by Gasteiger charge is 2.35. The highest BCUT2D eigenvalue weighted by atomic mass is 19.4. The molecule has 2 rings (SSSR count). The van der Waals surface area contributed by atoms with E-state index >= 15 is 0 Å². The quantitative estimate of drug-likeness (QED) is 0.599. The van der Waals surface area contributed by atoms with Gasteiger partial charge in [0.15, 0.2) is 5.96 Å². The fraction of sp³-hybridized carbons (Fsp3) is 0.308. The molecule has 118 valence electrons. The molecule has 0 aliphatic heterocycles. The Bertz CT molecular complexity index is 689. The average Bonchev–Trinajstić information content (AvgIpc) is 2.89. The first-order valence-corrected chi connectivity index (χ1v) is 6.38. The van der Waals surface area contributed by atoms with Crippen molar-refractivity contribution in [1.82, 2.24) is 15.2 Å². The maximum Gasteiger partial charge on any atom is 0.453 e. The van der Waals surface area contributed by atoms with Gasteiger partial charge in [-0.25, -0.2) is 9.98 Å². The van der Waals surface area contributed by atoms with E-state index in [1.807, 2.05) is 32.0 Å². The Balaban J connectivity index is 2.00. The number of hydrogen-bond acceptors (Lipinski definition) is 3. The van der Waals surface area contributed by atoms with Crippen LogP contribution in [0.3, 0.4) is 0 Å². The number of aromatic nitrogens is 3. The molecule has 0 atom stereocenters. The van der Waals surface area contributed by atoms with Crippen LogP contribution in [-0.4, -0.2) is 21.1 Å². The van der Waals surface area contributed by atoms with Gasteiger partial charge in [-0.2, -0.15) is 13.2 Å². The maximum absolute atomic E-state index is 12.3. The summed E-state index contributed by atoms with van der Waals surface area (Å²) in [6, 6.07) is 5.66. The molecule has 0 bridgehead atoms. The Kier molecular flexibility index (Phi) is 4.34. The number of benzene rings is 1. The van der Waals surface area contributed by atoms with E-state index in [9.17, 15) is 13.2 Å². The molecule has 2 aromatic rings. The summed E-state index contributed by atoms with van der Waals surface area (Å²) in [7, 11) is 0. The molecule has 4 N–H and O–H groups in total. The van der Waals surface area contributed by atoms with Gasteiger partial charge in [-0.05, 0) is 37.1 Å². The number of rotatable bonds is 3. The number of aliphatic imine (C=N–C) groups is 1.